The number of rotatable bonds is 3. The summed E-state index contributed by atoms with van der Waals surface area (Å²) in [7, 11) is 0. The molecule has 4 heteroatoms. The molecule has 1 fully saturated rings. The maximum atomic E-state index is 11.1. The summed E-state index contributed by atoms with van der Waals surface area (Å²) in [5.41, 5.74) is 0.153. The molecule has 1 amide bonds. The van der Waals surface area contributed by atoms with Crippen molar-refractivity contribution in [3.05, 3.63) is 12.7 Å². The van der Waals surface area contributed by atoms with E-state index in [0.29, 0.717) is 0 Å². The Labute approximate surface area is 77.2 Å². The van der Waals surface area contributed by atoms with Gasteiger partial charge in [0.2, 0.25) is 5.91 Å². The molecule has 1 atom stereocenters. The average Bonchev–Trinajstić information content (AvgIpc) is 2.48. The van der Waals surface area contributed by atoms with Gasteiger partial charge < -0.3 is 4.90 Å². The van der Waals surface area contributed by atoms with Crippen LogP contribution in [-0.2, 0) is 4.79 Å². The second-order valence-electron chi connectivity index (χ2n) is 2.64. The summed E-state index contributed by atoms with van der Waals surface area (Å²) >= 11 is 1.70. The zero-order chi connectivity index (χ0) is 8.97. The molecule has 0 spiro atoms. The van der Waals surface area contributed by atoms with Crippen LogP contribution in [-0.4, -0.2) is 35.1 Å². The molecule has 1 N–H and O–H groups in total. The summed E-state index contributed by atoms with van der Waals surface area (Å²) in [6.45, 7) is 6.97. The zero-order valence-electron chi connectivity index (χ0n) is 7.25. The second kappa shape index (κ2) is 4.52. The van der Waals surface area contributed by atoms with Crippen LogP contribution in [0.15, 0.2) is 12.7 Å². The molecular formula is C8H14N2OS. The van der Waals surface area contributed by atoms with Crippen molar-refractivity contribution in [2.75, 3.05) is 18.8 Å². The van der Waals surface area contributed by atoms with E-state index < -0.39 is 0 Å². The minimum Gasteiger partial charge on any atom is -0.317 e. The van der Waals surface area contributed by atoms with Crippen LogP contribution in [0.25, 0.3) is 0 Å². The Hall–Kier alpha value is -0.480. The molecule has 68 valence electrons. The van der Waals surface area contributed by atoms with E-state index >= 15 is 0 Å². The molecule has 1 saturated heterocycles. The third-order valence-electron chi connectivity index (χ3n) is 1.73. The van der Waals surface area contributed by atoms with Crippen LogP contribution >= 0.6 is 11.8 Å². The van der Waals surface area contributed by atoms with Gasteiger partial charge in [-0.1, -0.05) is 6.08 Å². The molecule has 1 unspecified atom stereocenters. The molecule has 0 saturated carbocycles. The Morgan fingerprint density at radius 3 is 3.25 bits per heavy atom. The smallest absolute Gasteiger partial charge is 0.221 e. The van der Waals surface area contributed by atoms with E-state index in [1.807, 2.05) is 11.0 Å². The van der Waals surface area contributed by atoms with Crippen LogP contribution < -0.4 is 5.32 Å². The normalized spacial score (nSPS) is 22.8. The number of hydrogen-bond acceptors (Lipinski definition) is 3. The van der Waals surface area contributed by atoms with Gasteiger partial charge in [0.1, 0.15) is 5.50 Å². The molecule has 12 heavy (non-hydrogen) atoms. The number of hydrogen-bond donors (Lipinski definition) is 1. The van der Waals surface area contributed by atoms with E-state index in [9.17, 15) is 4.79 Å². The molecular weight excluding hydrogens is 172 g/mol. The fourth-order valence-corrected chi connectivity index (χ4v) is 2.15. The Bertz CT molecular complexity index is 184. The summed E-state index contributed by atoms with van der Waals surface area (Å²) in [4.78, 5) is 12.9. The Morgan fingerprint density at radius 1 is 1.92 bits per heavy atom. The first-order chi connectivity index (χ1) is 5.75. The van der Waals surface area contributed by atoms with Crippen molar-refractivity contribution in [3.63, 3.8) is 0 Å². The van der Waals surface area contributed by atoms with E-state index in [0.717, 1.165) is 18.8 Å². The van der Waals surface area contributed by atoms with Gasteiger partial charge in [-0.25, -0.2) is 0 Å². The molecule has 0 aromatic heterocycles. The Morgan fingerprint density at radius 2 is 2.67 bits per heavy atom. The average molecular weight is 186 g/mol. The van der Waals surface area contributed by atoms with Crippen molar-refractivity contribution in [2.45, 2.75) is 12.4 Å². The van der Waals surface area contributed by atoms with Gasteiger partial charge in [0.15, 0.2) is 0 Å². The molecule has 1 aliphatic rings. The number of carbonyl (C=O) groups excluding carboxylic acids is 1. The van der Waals surface area contributed by atoms with Crippen LogP contribution in [0.5, 0.6) is 0 Å². The van der Waals surface area contributed by atoms with Gasteiger partial charge in [0, 0.05) is 25.8 Å². The highest BCUT2D eigenvalue weighted by molar-refractivity contribution is 7.99. The SMILES string of the molecule is C=CCSC1NCCN1C(C)=O. The number of nitrogens with zero attached hydrogens (tertiary/aromatic N) is 1. The predicted octanol–water partition coefficient (Wildman–Crippen LogP) is 0.641. The molecule has 0 aromatic carbocycles. The number of nitrogens with one attached hydrogen (secondary N) is 1. The van der Waals surface area contributed by atoms with E-state index in [4.69, 9.17) is 0 Å². The van der Waals surface area contributed by atoms with Crippen molar-refractivity contribution in [3.8, 4) is 0 Å². The number of carbonyl (C=O) groups is 1. The number of amides is 1. The minimum atomic E-state index is 0.140. The van der Waals surface area contributed by atoms with Gasteiger partial charge in [-0.3, -0.25) is 10.1 Å². The lowest BCUT2D eigenvalue weighted by atomic mass is 10.5. The van der Waals surface area contributed by atoms with Crippen molar-refractivity contribution in [1.82, 2.24) is 10.2 Å². The molecule has 0 bridgehead atoms. The molecule has 3 nitrogen and oxygen atoms in total. The largest absolute Gasteiger partial charge is 0.317 e. The standard InChI is InChI=1S/C8H14N2OS/c1-3-6-12-8-9-4-5-10(8)7(2)11/h3,8-9H,1,4-6H2,2H3. The molecule has 0 radical (unpaired) electrons. The van der Waals surface area contributed by atoms with Gasteiger partial charge >= 0.3 is 0 Å². The summed E-state index contributed by atoms with van der Waals surface area (Å²) in [6, 6.07) is 0. The molecule has 0 aromatic rings. The topological polar surface area (TPSA) is 32.3 Å². The third-order valence-corrected chi connectivity index (χ3v) is 2.90. The highest BCUT2D eigenvalue weighted by Gasteiger charge is 2.25. The van der Waals surface area contributed by atoms with E-state index in [2.05, 4.69) is 11.9 Å². The van der Waals surface area contributed by atoms with Crippen LogP contribution in [0, 0.1) is 0 Å². The lowest BCUT2D eigenvalue weighted by molar-refractivity contribution is -0.128. The minimum absolute atomic E-state index is 0.140. The van der Waals surface area contributed by atoms with Gasteiger partial charge in [-0.05, 0) is 0 Å². The maximum Gasteiger partial charge on any atom is 0.221 e. The fraction of sp³-hybridized carbons (Fsp3) is 0.625. The van der Waals surface area contributed by atoms with Crippen LogP contribution in [0.4, 0.5) is 0 Å². The van der Waals surface area contributed by atoms with Gasteiger partial charge in [0.05, 0.1) is 0 Å². The van der Waals surface area contributed by atoms with E-state index in [1.165, 1.54) is 0 Å². The van der Waals surface area contributed by atoms with E-state index in [-0.39, 0.29) is 11.4 Å². The fourth-order valence-electron chi connectivity index (χ4n) is 1.17. The van der Waals surface area contributed by atoms with E-state index in [1.54, 1.807) is 18.7 Å². The van der Waals surface area contributed by atoms with Crippen molar-refractivity contribution < 1.29 is 4.79 Å². The zero-order valence-corrected chi connectivity index (χ0v) is 8.06. The molecule has 0 aliphatic carbocycles. The first-order valence-corrected chi connectivity index (χ1v) is 5.03. The maximum absolute atomic E-state index is 11.1. The van der Waals surface area contributed by atoms with Gasteiger partial charge in [-0.2, -0.15) is 0 Å². The third kappa shape index (κ3) is 2.25. The van der Waals surface area contributed by atoms with Crippen molar-refractivity contribution in [1.29, 1.82) is 0 Å². The lowest BCUT2D eigenvalue weighted by Gasteiger charge is -2.21. The summed E-state index contributed by atoms with van der Waals surface area (Å²) in [5.74, 6) is 1.02. The quantitative estimate of drug-likeness (QED) is 0.657. The number of thioether (sulfide) groups is 1. The van der Waals surface area contributed by atoms with Gasteiger partial charge in [-0.15, -0.1) is 18.3 Å². The van der Waals surface area contributed by atoms with Crippen molar-refractivity contribution >= 4 is 17.7 Å². The highest BCUT2D eigenvalue weighted by atomic mass is 32.2. The lowest BCUT2D eigenvalue weighted by Crippen LogP contribution is -2.36. The van der Waals surface area contributed by atoms with Crippen LogP contribution in [0.3, 0.4) is 0 Å². The van der Waals surface area contributed by atoms with Gasteiger partial charge in [0.25, 0.3) is 0 Å². The highest BCUT2D eigenvalue weighted by Crippen LogP contribution is 2.16. The summed E-state index contributed by atoms with van der Waals surface area (Å²) < 4.78 is 0. The molecule has 1 heterocycles. The molecule has 1 aliphatic heterocycles. The summed E-state index contributed by atoms with van der Waals surface area (Å²) in [6.07, 6.45) is 1.85. The Kier molecular flexibility index (Phi) is 3.62. The first kappa shape index (κ1) is 9.61. The monoisotopic (exact) mass is 186 g/mol. The van der Waals surface area contributed by atoms with Crippen molar-refractivity contribution in [2.24, 2.45) is 0 Å². The first-order valence-electron chi connectivity index (χ1n) is 3.99. The Balaban J connectivity index is 2.40. The molecule has 1 rings (SSSR count). The second-order valence-corrected chi connectivity index (χ2v) is 3.75. The van der Waals surface area contributed by atoms with Crippen LogP contribution in [0.1, 0.15) is 6.92 Å². The predicted molar refractivity (Wildman–Crippen MR) is 51.8 cm³/mol. The summed E-state index contributed by atoms with van der Waals surface area (Å²) in [5, 5.41) is 3.24. The van der Waals surface area contributed by atoms with Crippen LogP contribution in [0.2, 0.25) is 0 Å².